The minimum Gasteiger partial charge on any atom is -0.281 e. The summed E-state index contributed by atoms with van der Waals surface area (Å²) in [6, 6.07) is 10.1. The number of rotatable bonds is 1. The number of hydrogen-bond acceptors (Lipinski definition) is 5. The lowest BCUT2D eigenvalue weighted by Gasteiger charge is -2.22. The first kappa shape index (κ1) is 9.62. The maximum absolute atomic E-state index is 5.81. The van der Waals surface area contributed by atoms with Crippen LogP contribution in [-0.4, -0.2) is 21.8 Å². The van der Waals surface area contributed by atoms with Crippen LogP contribution < -0.4 is 5.84 Å². The Morgan fingerprint density at radius 1 is 1.25 bits per heavy atom. The van der Waals surface area contributed by atoms with Crippen molar-refractivity contribution in [1.82, 2.24) is 5.01 Å². The van der Waals surface area contributed by atoms with Crippen molar-refractivity contribution in [3.8, 4) is 0 Å². The van der Waals surface area contributed by atoms with Gasteiger partial charge in [-0.25, -0.2) is 15.8 Å². The van der Waals surface area contributed by atoms with Gasteiger partial charge in [-0.15, -0.1) is 0 Å². The summed E-state index contributed by atoms with van der Waals surface area (Å²) in [6.45, 7) is 0. The smallest absolute Gasteiger partial charge is 0.141 e. The van der Waals surface area contributed by atoms with E-state index in [1.807, 2.05) is 30.3 Å². The third-order valence-electron chi connectivity index (χ3n) is 2.41. The minimum atomic E-state index is 0.0627. The van der Waals surface area contributed by atoms with Gasteiger partial charge in [-0.05, 0) is 0 Å². The molecule has 2 aliphatic heterocycles. The lowest BCUT2D eigenvalue weighted by Crippen LogP contribution is -2.39. The van der Waals surface area contributed by atoms with Crippen molar-refractivity contribution in [1.29, 1.82) is 0 Å². The zero-order valence-electron chi connectivity index (χ0n) is 8.45. The summed E-state index contributed by atoms with van der Waals surface area (Å²) in [6.07, 6.45) is 3.38. The lowest BCUT2D eigenvalue weighted by molar-refractivity contribution is 0.455. The first-order valence-electron chi connectivity index (χ1n) is 4.92. The van der Waals surface area contributed by atoms with E-state index in [9.17, 15) is 0 Å². The van der Waals surface area contributed by atoms with E-state index in [1.165, 1.54) is 0 Å². The highest BCUT2D eigenvalue weighted by Gasteiger charge is 2.30. The lowest BCUT2D eigenvalue weighted by atomic mass is 10.2. The molecule has 0 fully saturated rings. The molecule has 2 N–H and O–H groups in total. The van der Waals surface area contributed by atoms with Gasteiger partial charge < -0.3 is 0 Å². The summed E-state index contributed by atoms with van der Waals surface area (Å²) in [5.41, 5.74) is 2.03. The SMILES string of the molecule is NN1C=NC=C2N=C(c3ccccc3)SC21. The Hall–Kier alpha value is -1.59. The number of thioether (sulfide) groups is 1. The topological polar surface area (TPSA) is 54.0 Å². The molecule has 2 aliphatic rings. The number of hydrazine groups is 1. The first-order chi connectivity index (χ1) is 7.84. The van der Waals surface area contributed by atoms with E-state index in [2.05, 4.69) is 9.98 Å². The van der Waals surface area contributed by atoms with Gasteiger partial charge in [0, 0.05) is 5.56 Å². The number of aliphatic imine (C=N–C) groups is 2. The Morgan fingerprint density at radius 3 is 2.81 bits per heavy atom. The van der Waals surface area contributed by atoms with Gasteiger partial charge in [0.05, 0.1) is 11.9 Å². The molecule has 5 heteroatoms. The highest BCUT2D eigenvalue weighted by molar-refractivity contribution is 8.15. The van der Waals surface area contributed by atoms with Crippen molar-refractivity contribution in [3.05, 3.63) is 47.8 Å². The standard InChI is InChI=1S/C11H10N4S/c12-15-7-13-6-9-11(15)16-10(14-9)8-4-2-1-3-5-8/h1-7,11H,12H2. The molecular formula is C11H10N4S. The Morgan fingerprint density at radius 2 is 2.06 bits per heavy atom. The zero-order chi connectivity index (χ0) is 11.0. The van der Waals surface area contributed by atoms with Crippen LogP contribution in [0.25, 0.3) is 0 Å². The molecule has 1 aromatic rings. The van der Waals surface area contributed by atoms with Gasteiger partial charge in [0.25, 0.3) is 0 Å². The molecule has 2 heterocycles. The predicted octanol–water partition coefficient (Wildman–Crippen LogP) is 1.57. The second-order valence-electron chi connectivity index (χ2n) is 3.52. The molecule has 0 aromatic heterocycles. The minimum absolute atomic E-state index is 0.0627. The van der Waals surface area contributed by atoms with Crippen molar-refractivity contribution in [2.45, 2.75) is 5.37 Å². The first-order valence-corrected chi connectivity index (χ1v) is 5.80. The Labute approximate surface area is 97.5 Å². The van der Waals surface area contributed by atoms with Gasteiger partial charge in [0.2, 0.25) is 0 Å². The van der Waals surface area contributed by atoms with Gasteiger partial charge in [-0.3, -0.25) is 5.01 Å². The summed E-state index contributed by atoms with van der Waals surface area (Å²) in [5, 5.41) is 2.64. The molecule has 0 radical (unpaired) electrons. The van der Waals surface area contributed by atoms with E-state index in [0.29, 0.717) is 0 Å². The normalized spacial score (nSPS) is 22.8. The largest absolute Gasteiger partial charge is 0.281 e. The fourth-order valence-electron chi connectivity index (χ4n) is 1.63. The summed E-state index contributed by atoms with van der Waals surface area (Å²) in [5.74, 6) is 5.81. The second kappa shape index (κ2) is 3.77. The third-order valence-corrected chi connectivity index (χ3v) is 3.66. The van der Waals surface area contributed by atoms with Crippen molar-refractivity contribution >= 4 is 23.1 Å². The predicted molar refractivity (Wildman–Crippen MR) is 67.0 cm³/mol. The fraction of sp³-hybridized carbons (Fsp3) is 0.0909. The van der Waals surface area contributed by atoms with E-state index < -0.39 is 0 Å². The highest BCUT2D eigenvalue weighted by Crippen LogP contribution is 2.34. The highest BCUT2D eigenvalue weighted by atomic mass is 32.2. The molecule has 1 atom stereocenters. The molecule has 0 amide bonds. The molecular weight excluding hydrogens is 220 g/mol. The van der Waals surface area contributed by atoms with Crippen LogP contribution in [0.3, 0.4) is 0 Å². The molecule has 0 spiro atoms. The van der Waals surface area contributed by atoms with Gasteiger partial charge >= 0.3 is 0 Å². The van der Waals surface area contributed by atoms with Crippen molar-refractivity contribution in [2.75, 3.05) is 0 Å². The number of hydrogen-bond donors (Lipinski definition) is 1. The van der Waals surface area contributed by atoms with E-state index in [1.54, 1.807) is 29.3 Å². The Balaban J connectivity index is 1.94. The monoisotopic (exact) mass is 230 g/mol. The van der Waals surface area contributed by atoms with E-state index >= 15 is 0 Å². The average Bonchev–Trinajstić information content (AvgIpc) is 2.76. The summed E-state index contributed by atoms with van der Waals surface area (Å²) in [4.78, 5) is 8.56. The average molecular weight is 230 g/mol. The maximum atomic E-state index is 5.81. The molecule has 4 nitrogen and oxygen atoms in total. The van der Waals surface area contributed by atoms with Crippen molar-refractivity contribution in [3.63, 3.8) is 0 Å². The second-order valence-corrected chi connectivity index (χ2v) is 4.59. The van der Waals surface area contributed by atoms with Gasteiger partial charge in [-0.2, -0.15) is 0 Å². The van der Waals surface area contributed by atoms with Crippen LogP contribution in [-0.2, 0) is 0 Å². The molecule has 3 rings (SSSR count). The van der Waals surface area contributed by atoms with Crippen LogP contribution in [0.2, 0.25) is 0 Å². The molecule has 1 aromatic carbocycles. The number of benzene rings is 1. The Bertz CT molecular complexity index is 492. The van der Waals surface area contributed by atoms with Crippen molar-refractivity contribution < 1.29 is 0 Å². The van der Waals surface area contributed by atoms with E-state index in [0.717, 1.165) is 16.3 Å². The van der Waals surface area contributed by atoms with Crippen molar-refractivity contribution in [2.24, 2.45) is 15.8 Å². The van der Waals surface area contributed by atoms with Crippen LogP contribution in [0.5, 0.6) is 0 Å². The number of nitrogens with zero attached hydrogens (tertiary/aromatic N) is 3. The van der Waals surface area contributed by atoms with Crippen LogP contribution in [0.4, 0.5) is 0 Å². The Kier molecular flexibility index (Phi) is 2.27. The molecule has 80 valence electrons. The van der Waals surface area contributed by atoms with Crippen LogP contribution in [0.1, 0.15) is 5.56 Å². The molecule has 0 saturated heterocycles. The molecule has 0 aliphatic carbocycles. The van der Waals surface area contributed by atoms with E-state index in [-0.39, 0.29) is 5.37 Å². The van der Waals surface area contributed by atoms with Crippen LogP contribution in [0, 0.1) is 0 Å². The van der Waals surface area contributed by atoms with Crippen LogP contribution >= 0.6 is 11.8 Å². The molecule has 0 bridgehead atoms. The molecule has 0 saturated carbocycles. The maximum Gasteiger partial charge on any atom is 0.141 e. The summed E-state index contributed by atoms with van der Waals surface area (Å²) < 4.78 is 0. The molecule has 16 heavy (non-hydrogen) atoms. The number of fused-ring (bicyclic) bond motifs is 1. The fourth-order valence-corrected chi connectivity index (χ4v) is 2.68. The quantitative estimate of drug-likeness (QED) is 0.745. The van der Waals surface area contributed by atoms with Crippen LogP contribution in [0.15, 0.2) is 52.2 Å². The summed E-state index contributed by atoms with van der Waals surface area (Å²) >= 11 is 1.65. The molecule has 1 unspecified atom stereocenters. The van der Waals surface area contributed by atoms with Gasteiger partial charge in [0.15, 0.2) is 0 Å². The van der Waals surface area contributed by atoms with E-state index in [4.69, 9.17) is 5.84 Å². The van der Waals surface area contributed by atoms with Gasteiger partial charge in [-0.1, -0.05) is 42.1 Å². The zero-order valence-corrected chi connectivity index (χ0v) is 9.26. The third kappa shape index (κ3) is 1.54. The van der Waals surface area contributed by atoms with Gasteiger partial charge in [0.1, 0.15) is 16.8 Å². The summed E-state index contributed by atoms with van der Waals surface area (Å²) in [7, 11) is 0. The number of nitrogens with two attached hydrogens (primary N) is 1.